The Hall–Kier alpha value is -3.45. The van der Waals surface area contributed by atoms with Gasteiger partial charge in [-0.15, -0.1) is 0 Å². The predicted octanol–water partition coefficient (Wildman–Crippen LogP) is 4.47. The Balaban J connectivity index is 1.75. The molecule has 0 aromatic heterocycles. The van der Waals surface area contributed by atoms with Gasteiger partial charge in [0.05, 0.1) is 0 Å². The standard InChI is InChI=1S/C25H19N/c1-4-10-20(11-5-1)25(21-12-6-2-7-13-21)22-16-18-24(19-17-22)26-23-14-8-3-9-15-23/h1-19H/p+1. The van der Waals surface area contributed by atoms with Crippen LogP contribution >= 0.6 is 0 Å². The molecule has 0 unspecified atom stereocenters. The van der Waals surface area contributed by atoms with Crippen molar-refractivity contribution in [3.8, 4) is 0 Å². The molecule has 1 aliphatic rings. The molecule has 1 nitrogen and oxygen atoms in total. The molecular weight excluding hydrogens is 314 g/mol. The van der Waals surface area contributed by atoms with Crippen molar-refractivity contribution in [1.82, 2.24) is 0 Å². The van der Waals surface area contributed by atoms with E-state index >= 15 is 0 Å². The molecule has 124 valence electrons. The summed E-state index contributed by atoms with van der Waals surface area (Å²) in [5, 5.41) is 0. The molecule has 0 spiro atoms. The molecule has 3 aromatic rings. The molecule has 0 aliphatic heterocycles. The summed E-state index contributed by atoms with van der Waals surface area (Å²) in [6, 6.07) is 31.3. The van der Waals surface area contributed by atoms with E-state index in [0.29, 0.717) is 0 Å². The summed E-state index contributed by atoms with van der Waals surface area (Å²) in [6.45, 7) is 0. The first-order valence-corrected chi connectivity index (χ1v) is 8.80. The van der Waals surface area contributed by atoms with Crippen molar-refractivity contribution in [2.45, 2.75) is 0 Å². The topological polar surface area (TPSA) is 14.0 Å². The van der Waals surface area contributed by atoms with Crippen LogP contribution in [0.1, 0.15) is 11.1 Å². The summed E-state index contributed by atoms with van der Waals surface area (Å²) in [7, 11) is 0. The van der Waals surface area contributed by atoms with Gasteiger partial charge in [-0.05, 0) is 34.4 Å². The van der Waals surface area contributed by atoms with Crippen LogP contribution in [0.25, 0.3) is 5.57 Å². The van der Waals surface area contributed by atoms with Crippen molar-refractivity contribution in [3.05, 3.63) is 132 Å². The van der Waals surface area contributed by atoms with Gasteiger partial charge in [0.25, 0.3) is 0 Å². The molecule has 1 aliphatic carbocycles. The van der Waals surface area contributed by atoms with Gasteiger partial charge in [0.15, 0.2) is 0 Å². The first kappa shape index (κ1) is 16.0. The Morgan fingerprint density at radius 3 is 1.46 bits per heavy atom. The van der Waals surface area contributed by atoms with Crippen molar-refractivity contribution in [3.63, 3.8) is 0 Å². The lowest BCUT2D eigenvalue weighted by Crippen LogP contribution is -2.65. The number of hydrogen-bond donors (Lipinski definition) is 1. The van der Waals surface area contributed by atoms with Crippen LogP contribution in [0.4, 0.5) is 5.69 Å². The molecule has 0 saturated carbocycles. The average Bonchev–Trinajstić information content (AvgIpc) is 2.72. The lowest BCUT2D eigenvalue weighted by atomic mass is 9.91. The van der Waals surface area contributed by atoms with E-state index in [-0.39, 0.29) is 0 Å². The molecular formula is C25H20N+. The minimum atomic E-state index is 1.08. The molecule has 0 fully saturated rings. The van der Waals surface area contributed by atoms with Crippen LogP contribution in [-0.2, 0) is 0 Å². The van der Waals surface area contributed by atoms with Crippen LogP contribution in [0.15, 0.2) is 121 Å². The highest BCUT2D eigenvalue weighted by molar-refractivity contribution is 6.03. The average molecular weight is 334 g/mol. The van der Waals surface area contributed by atoms with Crippen molar-refractivity contribution in [2.24, 2.45) is 0 Å². The van der Waals surface area contributed by atoms with Crippen LogP contribution in [0, 0.1) is 0 Å². The zero-order chi connectivity index (χ0) is 17.6. The summed E-state index contributed by atoms with van der Waals surface area (Å²) in [4.78, 5) is 3.44. The van der Waals surface area contributed by atoms with Gasteiger partial charge in [0, 0.05) is 24.3 Å². The molecule has 1 N–H and O–H groups in total. The van der Waals surface area contributed by atoms with E-state index in [9.17, 15) is 0 Å². The Kier molecular flexibility index (Phi) is 4.70. The van der Waals surface area contributed by atoms with E-state index in [1.54, 1.807) is 0 Å². The van der Waals surface area contributed by atoms with Crippen molar-refractivity contribution >= 4 is 17.0 Å². The Morgan fingerprint density at radius 1 is 0.500 bits per heavy atom. The number of allylic oxidation sites excluding steroid dienone is 5. The largest absolute Gasteiger partial charge is 0.205 e. The summed E-state index contributed by atoms with van der Waals surface area (Å²) in [5.41, 5.74) is 7.08. The van der Waals surface area contributed by atoms with Crippen LogP contribution in [-0.4, -0.2) is 5.71 Å². The van der Waals surface area contributed by atoms with Crippen molar-refractivity contribution in [1.29, 1.82) is 0 Å². The molecule has 0 saturated heterocycles. The van der Waals surface area contributed by atoms with E-state index in [1.165, 1.54) is 22.3 Å². The minimum Gasteiger partial charge on any atom is -0.205 e. The molecule has 1 heteroatoms. The molecule has 0 amide bonds. The second-order valence-electron chi connectivity index (χ2n) is 6.18. The van der Waals surface area contributed by atoms with Gasteiger partial charge in [-0.25, -0.2) is 4.99 Å². The van der Waals surface area contributed by atoms with Crippen molar-refractivity contribution in [2.75, 3.05) is 0 Å². The predicted molar refractivity (Wildman–Crippen MR) is 109 cm³/mol. The van der Waals surface area contributed by atoms with Crippen LogP contribution in [0.5, 0.6) is 0 Å². The van der Waals surface area contributed by atoms with Gasteiger partial charge in [-0.2, -0.15) is 0 Å². The highest BCUT2D eigenvalue weighted by Crippen LogP contribution is 2.29. The molecule has 0 radical (unpaired) electrons. The summed E-state index contributed by atoms with van der Waals surface area (Å²) in [5.74, 6) is 0. The number of benzene rings is 3. The maximum absolute atomic E-state index is 3.44. The van der Waals surface area contributed by atoms with Gasteiger partial charge in [0.2, 0.25) is 11.4 Å². The Labute approximate surface area is 154 Å². The summed E-state index contributed by atoms with van der Waals surface area (Å²) < 4.78 is 0. The van der Waals surface area contributed by atoms with Crippen LogP contribution in [0.2, 0.25) is 0 Å². The zero-order valence-corrected chi connectivity index (χ0v) is 14.5. The van der Waals surface area contributed by atoms with Gasteiger partial charge in [-0.3, -0.25) is 0 Å². The smallest absolute Gasteiger partial charge is 0.203 e. The van der Waals surface area contributed by atoms with E-state index in [2.05, 4.69) is 102 Å². The summed E-state index contributed by atoms with van der Waals surface area (Å²) in [6.07, 6.45) is 8.63. The van der Waals surface area contributed by atoms with Gasteiger partial charge in [0.1, 0.15) is 0 Å². The normalized spacial score (nSPS) is 12.9. The lowest BCUT2D eigenvalue weighted by Gasteiger charge is -2.13. The molecule has 26 heavy (non-hydrogen) atoms. The minimum absolute atomic E-state index is 1.08. The van der Waals surface area contributed by atoms with Gasteiger partial charge < -0.3 is 0 Å². The van der Waals surface area contributed by atoms with Gasteiger partial charge in [-0.1, -0.05) is 78.9 Å². The Morgan fingerprint density at radius 2 is 0.962 bits per heavy atom. The second-order valence-corrected chi connectivity index (χ2v) is 6.18. The van der Waals surface area contributed by atoms with Crippen molar-refractivity contribution < 1.29 is 4.99 Å². The number of para-hydroxylation sites is 1. The number of hydrogen-bond acceptors (Lipinski definition) is 0. The van der Waals surface area contributed by atoms with E-state index < -0.39 is 0 Å². The number of nitrogens with one attached hydrogen (secondary N) is 1. The maximum Gasteiger partial charge on any atom is 0.203 e. The highest BCUT2D eigenvalue weighted by Gasteiger charge is 2.12. The van der Waals surface area contributed by atoms with E-state index in [4.69, 9.17) is 0 Å². The van der Waals surface area contributed by atoms with Crippen LogP contribution < -0.4 is 4.99 Å². The fourth-order valence-corrected chi connectivity index (χ4v) is 3.12. The zero-order valence-electron chi connectivity index (χ0n) is 14.5. The summed E-state index contributed by atoms with van der Waals surface area (Å²) >= 11 is 0. The lowest BCUT2D eigenvalue weighted by molar-refractivity contribution is -0.351. The molecule has 0 bridgehead atoms. The molecule has 0 atom stereocenters. The molecule has 4 rings (SSSR count). The molecule has 3 aromatic carbocycles. The SMILES string of the molecule is C1=CC(=C(c2ccccc2)c2ccccc2)C=CC1=[NH+]c1ccccc1. The molecule has 0 heterocycles. The Bertz CT molecular complexity index is 932. The van der Waals surface area contributed by atoms with E-state index in [1.807, 2.05) is 18.2 Å². The number of rotatable bonds is 3. The van der Waals surface area contributed by atoms with E-state index in [0.717, 1.165) is 11.4 Å². The highest BCUT2D eigenvalue weighted by atomic mass is 14.7. The van der Waals surface area contributed by atoms with Crippen LogP contribution in [0.3, 0.4) is 0 Å². The third-order valence-corrected chi connectivity index (χ3v) is 4.36. The fourth-order valence-electron chi connectivity index (χ4n) is 3.12. The quantitative estimate of drug-likeness (QED) is 0.726. The fraction of sp³-hybridized carbons (Fsp3) is 0. The first-order chi connectivity index (χ1) is 12.9. The van der Waals surface area contributed by atoms with Gasteiger partial charge >= 0.3 is 0 Å². The second kappa shape index (κ2) is 7.62. The monoisotopic (exact) mass is 334 g/mol. The third-order valence-electron chi connectivity index (χ3n) is 4.36. The maximum atomic E-state index is 3.44. The first-order valence-electron chi connectivity index (χ1n) is 8.80. The third kappa shape index (κ3) is 3.62.